The lowest BCUT2D eigenvalue weighted by Gasteiger charge is -2.19. The highest BCUT2D eigenvalue weighted by molar-refractivity contribution is 5.76. The number of nitrogens with one attached hydrogen (secondary N) is 2. The normalized spacial score (nSPS) is 19.0. The summed E-state index contributed by atoms with van der Waals surface area (Å²) in [6, 6.07) is 0.567. The average Bonchev–Trinajstić information content (AvgIpc) is 2.38. The molecular weight excluding hydrogens is 190 g/mol. The second-order valence-electron chi connectivity index (χ2n) is 4.40. The Hall–Kier alpha value is -0.610. The van der Waals surface area contributed by atoms with E-state index in [0.717, 1.165) is 39.1 Å². The Balaban J connectivity index is 2.07. The molecule has 1 amide bonds. The Morgan fingerprint density at radius 3 is 3.00 bits per heavy atom. The quantitative estimate of drug-likeness (QED) is 0.641. The molecule has 0 radical (unpaired) electrons. The average molecular weight is 213 g/mol. The van der Waals surface area contributed by atoms with Crippen LogP contribution < -0.4 is 10.6 Å². The summed E-state index contributed by atoms with van der Waals surface area (Å²) in [5.41, 5.74) is 0. The highest BCUT2D eigenvalue weighted by Gasteiger charge is 2.12. The summed E-state index contributed by atoms with van der Waals surface area (Å²) >= 11 is 0. The van der Waals surface area contributed by atoms with E-state index >= 15 is 0 Å². The van der Waals surface area contributed by atoms with E-state index in [1.807, 2.05) is 0 Å². The summed E-state index contributed by atoms with van der Waals surface area (Å²) in [7, 11) is 0. The van der Waals surface area contributed by atoms with Crippen LogP contribution >= 0.6 is 0 Å². The molecule has 0 bridgehead atoms. The van der Waals surface area contributed by atoms with Crippen molar-refractivity contribution in [2.24, 2.45) is 0 Å². The van der Waals surface area contributed by atoms with Gasteiger partial charge in [-0.05, 0) is 19.5 Å². The van der Waals surface area contributed by atoms with Crippen molar-refractivity contribution < 1.29 is 4.79 Å². The zero-order valence-corrected chi connectivity index (χ0v) is 9.88. The molecule has 1 fully saturated rings. The molecule has 0 unspecified atom stereocenters. The van der Waals surface area contributed by atoms with Crippen molar-refractivity contribution in [2.45, 2.75) is 32.7 Å². The molecule has 0 aromatic carbocycles. The number of hydrogen-bond acceptors (Lipinski definition) is 3. The number of rotatable bonds is 5. The molecule has 0 saturated carbocycles. The van der Waals surface area contributed by atoms with E-state index in [0.29, 0.717) is 12.5 Å². The Morgan fingerprint density at radius 2 is 2.27 bits per heavy atom. The zero-order valence-electron chi connectivity index (χ0n) is 9.88. The first-order valence-corrected chi connectivity index (χ1v) is 5.91. The third-order valence-corrected chi connectivity index (χ3v) is 2.61. The van der Waals surface area contributed by atoms with Crippen LogP contribution in [0.2, 0.25) is 0 Å². The van der Waals surface area contributed by atoms with Gasteiger partial charge in [-0.15, -0.1) is 0 Å². The molecule has 0 spiro atoms. The van der Waals surface area contributed by atoms with Gasteiger partial charge in [-0.1, -0.05) is 13.8 Å². The van der Waals surface area contributed by atoms with E-state index in [2.05, 4.69) is 29.4 Å². The molecule has 88 valence electrons. The topological polar surface area (TPSA) is 44.4 Å². The second-order valence-corrected chi connectivity index (χ2v) is 4.40. The lowest BCUT2D eigenvalue weighted by atomic mass is 10.3. The Morgan fingerprint density at radius 1 is 1.47 bits per heavy atom. The van der Waals surface area contributed by atoms with Crippen LogP contribution in [-0.4, -0.2) is 49.6 Å². The number of amides is 1. The van der Waals surface area contributed by atoms with Gasteiger partial charge in [-0.25, -0.2) is 0 Å². The van der Waals surface area contributed by atoms with Crippen LogP contribution in [0.15, 0.2) is 0 Å². The highest BCUT2D eigenvalue weighted by Crippen LogP contribution is 1.97. The summed E-state index contributed by atoms with van der Waals surface area (Å²) in [5.74, 6) is 0.192. The van der Waals surface area contributed by atoms with Crippen molar-refractivity contribution in [3.63, 3.8) is 0 Å². The van der Waals surface area contributed by atoms with E-state index in [1.165, 1.54) is 0 Å². The monoisotopic (exact) mass is 213 g/mol. The summed E-state index contributed by atoms with van der Waals surface area (Å²) in [5, 5.41) is 6.29. The first-order valence-electron chi connectivity index (χ1n) is 5.91. The van der Waals surface area contributed by atoms with Crippen molar-refractivity contribution in [3.05, 3.63) is 0 Å². The smallest absolute Gasteiger partial charge is 0.221 e. The van der Waals surface area contributed by atoms with Gasteiger partial charge in [0.15, 0.2) is 0 Å². The molecule has 4 heteroatoms. The Labute approximate surface area is 92.4 Å². The molecule has 1 heterocycles. The van der Waals surface area contributed by atoms with Gasteiger partial charge >= 0.3 is 0 Å². The molecule has 2 N–H and O–H groups in total. The van der Waals surface area contributed by atoms with Crippen molar-refractivity contribution in [1.82, 2.24) is 15.5 Å². The van der Waals surface area contributed by atoms with Crippen LogP contribution in [0.1, 0.15) is 26.7 Å². The third-order valence-electron chi connectivity index (χ3n) is 2.61. The maximum absolute atomic E-state index is 11.1. The number of carbonyl (C=O) groups excluding carboxylic acids is 1. The molecule has 1 aliphatic heterocycles. The van der Waals surface area contributed by atoms with E-state index < -0.39 is 0 Å². The fourth-order valence-electron chi connectivity index (χ4n) is 1.73. The maximum Gasteiger partial charge on any atom is 0.221 e. The molecule has 0 aromatic heterocycles. The molecular formula is C11H23N3O. The van der Waals surface area contributed by atoms with Crippen LogP contribution in [0, 0.1) is 0 Å². The van der Waals surface area contributed by atoms with Crippen molar-refractivity contribution in [2.75, 3.05) is 32.7 Å². The minimum Gasteiger partial charge on any atom is -0.355 e. The molecule has 1 saturated heterocycles. The van der Waals surface area contributed by atoms with Gasteiger partial charge in [0.05, 0.1) is 0 Å². The predicted octanol–water partition coefficient (Wildman–Crippen LogP) is 0.196. The number of carbonyl (C=O) groups is 1. The number of hydrogen-bond donors (Lipinski definition) is 2. The first-order chi connectivity index (χ1) is 7.18. The van der Waals surface area contributed by atoms with Crippen LogP contribution in [-0.2, 0) is 4.79 Å². The van der Waals surface area contributed by atoms with Crippen molar-refractivity contribution >= 4 is 5.91 Å². The van der Waals surface area contributed by atoms with Gasteiger partial charge in [-0.3, -0.25) is 4.79 Å². The second kappa shape index (κ2) is 6.80. The summed E-state index contributed by atoms with van der Waals surface area (Å²) < 4.78 is 0. The molecule has 15 heavy (non-hydrogen) atoms. The summed E-state index contributed by atoms with van der Waals surface area (Å²) in [6.45, 7) is 9.19. The SMILES string of the molecule is CC(C)NCCCN1CCNC(=O)CC1. The predicted molar refractivity (Wildman–Crippen MR) is 61.8 cm³/mol. The van der Waals surface area contributed by atoms with E-state index in [-0.39, 0.29) is 5.91 Å². The molecule has 1 rings (SSSR count). The summed E-state index contributed by atoms with van der Waals surface area (Å²) in [4.78, 5) is 13.5. The van der Waals surface area contributed by atoms with Crippen LogP contribution in [0.25, 0.3) is 0 Å². The molecule has 0 aliphatic carbocycles. The van der Waals surface area contributed by atoms with Gasteiger partial charge in [-0.2, -0.15) is 0 Å². The first kappa shape index (κ1) is 12.5. The Bertz CT molecular complexity index is 194. The minimum absolute atomic E-state index is 0.192. The van der Waals surface area contributed by atoms with Crippen LogP contribution in [0.3, 0.4) is 0 Å². The third kappa shape index (κ3) is 5.74. The fourth-order valence-corrected chi connectivity index (χ4v) is 1.73. The fraction of sp³-hybridized carbons (Fsp3) is 0.909. The van der Waals surface area contributed by atoms with Crippen molar-refractivity contribution in [3.8, 4) is 0 Å². The Kier molecular flexibility index (Phi) is 5.65. The summed E-state index contributed by atoms with van der Waals surface area (Å²) in [6.07, 6.45) is 1.81. The van der Waals surface area contributed by atoms with Gasteiger partial charge in [0.25, 0.3) is 0 Å². The van der Waals surface area contributed by atoms with Crippen LogP contribution in [0.5, 0.6) is 0 Å². The van der Waals surface area contributed by atoms with E-state index in [4.69, 9.17) is 0 Å². The largest absolute Gasteiger partial charge is 0.355 e. The standard InChI is InChI=1S/C11H23N3O/c1-10(2)12-5-3-7-14-8-4-11(15)13-6-9-14/h10,12H,3-9H2,1-2H3,(H,13,15). The number of nitrogens with zero attached hydrogens (tertiary/aromatic N) is 1. The van der Waals surface area contributed by atoms with E-state index in [1.54, 1.807) is 0 Å². The van der Waals surface area contributed by atoms with Crippen molar-refractivity contribution in [1.29, 1.82) is 0 Å². The lowest BCUT2D eigenvalue weighted by Crippen LogP contribution is -2.32. The molecule has 4 nitrogen and oxygen atoms in total. The molecule has 1 aliphatic rings. The minimum atomic E-state index is 0.192. The zero-order chi connectivity index (χ0) is 11.1. The molecule has 0 atom stereocenters. The van der Waals surface area contributed by atoms with Gasteiger partial charge < -0.3 is 15.5 Å². The van der Waals surface area contributed by atoms with Crippen LogP contribution in [0.4, 0.5) is 0 Å². The lowest BCUT2D eigenvalue weighted by molar-refractivity contribution is -0.120. The maximum atomic E-state index is 11.1. The highest BCUT2D eigenvalue weighted by atomic mass is 16.1. The van der Waals surface area contributed by atoms with Gasteiger partial charge in [0.1, 0.15) is 0 Å². The van der Waals surface area contributed by atoms with Gasteiger partial charge in [0.2, 0.25) is 5.91 Å². The van der Waals surface area contributed by atoms with E-state index in [9.17, 15) is 4.79 Å². The van der Waals surface area contributed by atoms with Gasteiger partial charge in [0, 0.05) is 32.1 Å². The molecule has 0 aromatic rings.